The van der Waals surface area contributed by atoms with Gasteiger partial charge in [-0.2, -0.15) is 9.40 Å². The van der Waals surface area contributed by atoms with E-state index in [-0.39, 0.29) is 0 Å². The lowest BCUT2D eigenvalue weighted by Gasteiger charge is -2.33. The molecule has 36 heavy (non-hydrogen) atoms. The van der Waals surface area contributed by atoms with Crippen LogP contribution in [0.2, 0.25) is 10.0 Å². The van der Waals surface area contributed by atoms with Gasteiger partial charge in [0.15, 0.2) is 0 Å². The number of halogens is 2. The number of aromatic nitrogens is 5. The van der Waals surface area contributed by atoms with E-state index >= 15 is 0 Å². The summed E-state index contributed by atoms with van der Waals surface area (Å²) in [4.78, 5) is 15.0. The maximum Gasteiger partial charge on any atom is 0.225 e. The second-order valence-corrected chi connectivity index (χ2v) is 11.3. The Morgan fingerprint density at radius 3 is 2.33 bits per heavy atom. The SMILES string of the molecule is CC(Oc1ccc2[nH]nc(-c3cnc(N4CCN(S(C)(=O)=O)CC4)nc3)c2c1)c1c(Cl)cncc1Cl. The van der Waals surface area contributed by atoms with Crippen LogP contribution >= 0.6 is 23.2 Å². The fourth-order valence-electron chi connectivity index (χ4n) is 4.19. The number of hydrogen-bond donors (Lipinski definition) is 1. The van der Waals surface area contributed by atoms with Gasteiger partial charge in [-0.15, -0.1) is 0 Å². The van der Waals surface area contributed by atoms with E-state index in [4.69, 9.17) is 27.9 Å². The van der Waals surface area contributed by atoms with Crippen LogP contribution in [0.1, 0.15) is 18.6 Å². The largest absolute Gasteiger partial charge is 0.486 e. The lowest BCUT2D eigenvalue weighted by molar-refractivity contribution is 0.227. The van der Waals surface area contributed by atoms with E-state index in [0.717, 1.165) is 16.5 Å². The Morgan fingerprint density at radius 1 is 1.03 bits per heavy atom. The topological polar surface area (TPSA) is 117 Å². The molecule has 0 saturated carbocycles. The van der Waals surface area contributed by atoms with Gasteiger partial charge in [0.05, 0.1) is 21.8 Å². The number of piperazine rings is 1. The van der Waals surface area contributed by atoms with E-state index in [2.05, 4.69) is 25.1 Å². The van der Waals surface area contributed by atoms with E-state index in [9.17, 15) is 8.42 Å². The van der Waals surface area contributed by atoms with E-state index in [1.165, 1.54) is 23.0 Å². The highest BCUT2D eigenvalue weighted by molar-refractivity contribution is 7.88. The number of hydrogen-bond acceptors (Lipinski definition) is 8. The number of ether oxygens (including phenoxy) is 1. The third kappa shape index (κ3) is 4.96. The minimum absolute atomic E-state index is 0.397. The van der Waals surface area contributed by atoms with Gasteiger partial charge in [0, 0.05) is 67.5 Å². The van der Waals surface area contributed by atoms with Crippen LogP contribution in [0.15, 0.2) is 43.0 Å². The monoisotopic (exact) mass is 547 g/mol. The molecule has 1 aromatic carbocycles. The molecule has 1 aliphatic heterocycles. The standard InChI is InChI=1S/C23H23Cl2N7O3S/c1-14(21-18(24)12-26-13-19(21)25)35-16-3-4-20-17(9-16)22(30-29-20)15-10-27-23(28-11-15)31-5-7-32(8-6-31)36(2,33)34/h3-4,9-14H,5-8H2,1-2H3,(H,29,30). The van der Waals surface area contributed by atoms with E-state index in [1.54, 1.807) is 12.4 Å². The maximum atomic E-state index is 11.7. The zero-order valence-corrected chi connectivity index (χ0v) is 21.8. The van der Waals surface area contributed by atoms with Crippen molar-refractivity contribution in [1.82, 2.24) is 29.5 Å². The summed E-state index contributed by atoms with van der Waals surface area (Å²) < 4.78 is 31.1. The molecule has 1 atom stereocenters. The normalized spacial score (nSPS) is 15.8. The van der Waals surface area contributed by atoms with E-state index in [1.807, 2.05) is 30.0 Å². The van der Waals surface area contributed by atoms with Gasteiger partial charge in [0.1, 0.15) is 17.5 Å². The van der Waals surface area contributed by atoms with Crippen LogP contribution in [0.3, 0.4) is 0 Å². The van der Waals surface area contributed by atoms with Gasteiger partial charge in [-0.25, -0.2) is 18.4 Å². The quantitative estimate of drug-likeness (QED) is 0.385. The fourth-order valence-corrected chi connectivity index (χ4v) is 5.68. The number of pyridine rings is 1. The molecule has 0 aliphatic carbocycles. The first-order valence-corrected chi connectivity index (χ1v) is 13.8. The first kappa shape index (κ1) is 24.7. The molecule has 1 saturated heterocycles. The van der Waals surface area contributed by atoms with Gasteiger partial charge in [-0.1, -0.05) is 23.2 Å². The smallest absolute Gasteiger partial charge is 0.225 e. The lowest BCUT2D eigenvalue weighted by atomic mass is 10.1. The van der Waals surface area contributed by atoms with Crippen molar-refractivity contribution >= 4 is 50.1 Å². The predicted octanol–water partition coefficient (Wildman–Crippen LogP) is 3.94. The Balaban J connectivity index is 1.35. The van der Waals surface area contributed by atoms with Crippen molar-refractivity contribution in [2.75, 3.05) is 37.3 Å². The van der Waals surface area contributed by atoms with Gasteiger partial charge in [0.25, 0.3) is 0 Å². The van der Waals surface area contributed by atoms with Crippen LogP contribution in [0.25, 0.3) is 22.2 Å². The zero-order chi connectivity index (χ0) is 25.4. The third-order valence-corrected chi connectivity index (χ3v) is 7.95. The Hall–Kier alpha value is -2.99. The van der Waals surface area contributed by atoms with Gasteiger partial charge < -0.3 is 9.64 Å². The summed E-state index contributed by atoms with van der Waals surface area (Å²) in [5.74, 6) is 1.18. The summed E-state index contributed by atoms with van der Waals surface area (Å²) in [6.45, 7) is 3.75. The Kier molecular flexibility index (Phi) is 6.73. The molecule has 0 radical (unpaired) electrons. The molecule has 5 rings (SSSR count). The number of benzene rings is 1. The number of nitrogens with one attached hydrogen (secondary N) is 1. The summed E-state index contributed by atoms with van der Waals surface area (Å²) in [6.07, 6.45) is 7.33. The molecule has 4 heterocycles. The fraction of sp³-hybridized carbons (Fsp3) is 0.304. The van der Waals surface area contributed by atoms with Crippen LogP contribution in [-0.4, -0.2) is 70.3 Å². The van der Waals surface area contributed by atoms with Crippen LogP contribution in [-0.2, 0) is 10.0 Å². The molecule has 10 nitrogen and oxygen atoms in total. The van der Waals surface area contributed by atoms with Crippen molar-refractivity contribution in [1.29, 1.82) is 0 Å². The number of sulfonamides is 1. The van der Waals surface area contributed by atoms with Crippen molar-refractivity contribution in [3.05, 3.63) is 58.6 Å². The summed E-state index contributed by atoms with van der Waals surface area (Å²) in [7, 11) is -3.19. The predicted molar refractivity (Wildman–Crippen MR) is 139 cm³/mol. The van der Waals surface area contributed by atoms with Crippen LogP contribution in [0.5, 0.6) is 5.75 Å². The highest BCUT2D eigenvalue weighted by atomic mass is 35.5. The average Bonchev–Trinajstić information content (AvgIpc) is 3.27. The first-order chi connectivity index (χ1) is 17.2. The molecular formula is C23H23Cl2N7O3S. The van der Waals surface area contributed by atoms with E-state index < -0.39 is 16.1 Å². The summed E-state index contributed by atoms with van der Waals surface area (Å²) in [5.41, 5.74) is 2.94. The molecule has 1 aliphatic rings. The Bertz CT molecular complexity index is 1480. The molecule has 13 heteroatoms. The van der Waals surface area contributed by atoms with Crippen LogP contribution in [0.4, 0.5) is 5.95 Å². The van der Waals surface area contributed by atoms with E-state index in [0.29, 0.717) is 59.2 Å². The molecule has 4 aromatic rings. The van der Waals surface area contributed by atoms with Crippen molar-refractivity contribution in [3.63, 3.8) is 0 Å². The second-order valence-electron chi connectivity index (χ2n) is 8.48. The molecule has 1 N–H and O–H groups in total. The van der Waals surface area contributed by atoms with Crippen LogP contribution in [0, 0.1) is 0 Å². The number of anilines is 1. The highest BCUT2D eigenvalue weighted by Crippen LogP contribution is 2.34. The molecule has 1 unspecified atom stereocenters. The van der Waals surface area contributed by atoms with Gasteiger partial charge in [-0.05, 0) is 25.1 Å². The van der Waals surface area contributed by atoms with Crippen molar-refractivity contribution < 1.29 is 13.2 Å². The molecule has 188 valence electrons. The number of rotatable bonds is 6. The molecule has 1 fully saturated rings. The van der Waals surface area contributed by atoms with Crippen molar-refractivity contribution in [3.8, 4) is 17.0 Å². The number of H-pyrrole nitrogens is 1. The van der Waals surface area contributed by atoms with Crippen LogP contribution < -0.4 is 9.64 Å². The minimum Gasteiger partial charge on any atom is -0.486 e. The highest BCUT2D eigenvalue weighted by Gasteiger charge is 2.25. The number of fused-ring (bicyclic) bond motifs is 1. The minimum atomic E-state index is -3.19. The summed E-state index contributed by atoms with van der Waals surface area (Å²) in [5, 5.41) is 9.21. The third-order valence-electron chi connectivity index (χ3n) is 6.05. The lowest BCUT2D eigenvalue weighted by Crippen LogP contribution is -2.48. The Morgan fingerprint density at radius 2 is 1.69 bits per heavy atom. The van der Waals surface area contributed by atoms with Gasteiger partial charge in [-0.3, -0.25) is 10.1 Å². The van der Waals surface area contributed by atoms with Gasteiger partial charge in [0.2, 0.25) is 16.0 Å². The van der Waals surface area contributed by atoms with Crippen molar-refractivity contribution in [2.24, 2.45) is 0 Å². The second kappa shape index (κ2) is 9.81. The Labute approximate surface area is 218 Å². The number of nitrogens with zero attached hydrogens (tertiary/aromatic N) is 6. The van der Waals surface area contributed by atoms with Crippen molar-refractivity contribution in [2.45, 2.75) is 13.0 Å². The van der Waals surface area contributed by atoms with Gasteiger partial charge >= 0.3 is 0 Å². The number of aromatic amines is 1. The summed E-state index contributed by atoms with van der Waals surface area (Å²) in [6, 6.07) is 5.63. The molecule has 0 spiro atoms. The average molecular weight is 548 g/mol. The maximum absolute atomic E-state index is 11.7. The molecular weight excluding hydrogens is 525 g/mol. The zero-order valence-electron chi connectivity index (χ0n) is 19.5. The molecule has 3 aromatic heterocycles. The summed E-state index contributed by atoms with van der Waals surface area (Å²) >= 11 is 12.6. The molecule has 0 amide bonds. The first-order valence-electron chi connectivity index (χ1n) is 11.2. The molecule has 0 bridgehead atoms.